The molecule has 0 unspecified atom stereocenters. The fourth-order valence-corrected chi connectivity index (χ4v) is 0.945. The summed E-state index contributed by atoms with van der Waals surface area (Å²) in [5.74, 6) is 0.972. The topological polar surface area (TPSA) is 9.23 Å². The number of hydrogen-bond donors (Lipinski definition) is 0. The summed E-state index contributed by atoms with van der Waals surface area (Å²) >= 11 is 0. The van der Waals surface area contributed by atoms with Crippen LogP contribution in [-0.4, -0.2) is 7.11 Å². The standard InChI is InChI=1S/C9H12O.C2H6/c1-7-5-4-6-9(10-3)8(7)2;1-2/h4-6H,1-3H3;1-2H3. The first kappa shape index (κ1) is 11.0. The second-order valence-electron chi connectivity index (χ2n) is 2.40. The molecule has 68 valence electrons. The molecule has 0 radical (unpaired) electrons. The van der Waals surface area contributed by atoms with E-state index in [4.69, 9.17) is 4.74 Å². The zero-order valence-electron chi connectivity index (χ0n) is 8.64. The van der Waals surface area contributed by atoms with Gasteiger partial charge in [0.15, 0.2) is 0 Å². The predicted molar refractivity (Wildman–Crippen MR) is 53.8 cm³/mol. The van der Waals surface area contributed by atoms with Gasteiger partial charge in [-0.15, -0.1) is 0 Å². The molecule has 0 N–H and O–H groups in total. The van der Waals surface area contributed by atoms with Crippen molar-refractivity contribution >= 4 is 0 Å². The second kappa shape index (κ2) is 5.64. The number of benzene rings is 1. The van der Waals surface area contributed by atoms with Gasteiger partial charge in [-0.25, -0.2) is 0 Å². The Hall–Kier alpha value is -0.980. The van der Waals surface area contributed by atoms with Gasteiger partial charge >= 0.3 is 0 Å². The average molecular weight is 166 g/mol. The molecule has 0 fully saturated rings. The predicted octanol–water partition coefficient (Wildman–Crippen LogP) is 3.34. The molecule has 0 aliphatic rings. The molecule has 1 aromatic rings. The Kier molecular flexibility index (Phi) is 5.18. The van der Waals surface area contributed by atoms with Gasteiger partial charge in [-0.2, -0.15) is 0 Å². The highest BCUT2D eigenvalue weighted by Crippen LogP contribution is 2.19. The molecule has 0 aliphatic carbocycles. The zero-order valence-corrected chi connectivity index (χ0v) is 8.64. The lowest BCUT2D eigenvalue weighted by Gasteiger charge is -2.05. The van der Waals surface area contributed by atoms with Crippen LogP contribution in [0.2, 0.25) is 0 Å². The molecule has 12 heavy (non-hydrogen) atoms. The monoisotopic (exact) mass is 166 g/mol. The summed E-state index contributed by atoms with van der Waals surface area (Å²) in [6.45, 7) is 8.14. The smallest absolute Gasteiger partial charge is 0.122 e. The number of rotatable bonds is 1. The first-order valence-electron chi connectivity index (χ1n) is 4.36. The van der Waals surface area contributed by atoms with Gasteiger partial charge in [-0.1, -0.05) is 26.0 Å². The Labute approximate surface area is 75.4 Å². The Morgan fingerprint density at radius 3 is 2.08 bits per heavy atom. The third kappa shape index (κ3) is 2.57. The van der Waals surface area contributed by atoms with Crippen LogP contribution in [0.25, 0.3) is 0 Å². The van der Waals surface area contributed by atoms with Crippen molar-refractivity contribution in [3.05, 3.63) is 29.3 Å². The van der Waals surface area contributed by atoms with E-state index in [1.165, 1.54) is 11.1 Å². The van der Waals surface area contributed by atoms with Gasteiger partial charge in [-0.05, 0) is 31.0 Å². The number of aryl methyl sites for hydroxylation is 1. The summed E-state index contributed by atoms with van der Waals surface area (Å²) < 4.78 is 5.13. The van der Waals surface area contributed by atoms with Crippen molar-refractivity contribution in [3.63, 3.8) is 0 Å². The fourth-order valence-electron chi connectivity index (χ4n) is 0.945. The van der Waals surface area contributed by atoms with Crippen LogP contribution >= 0.6 is 0 Å². The van der Waals surface area contributed by atoms with Crippen LogP contribution in [0, 0.1) is 13.8 Å². The van der Waals surface area contributed by atoms with E-state index in [2.05, 4.69) is 19.9 Å². The Bertz CT molecular complexity index is 228. The number of ether oxygens (including phenoxy) is 1. The first-order valence-corrected chi connectivity index (χ1v) is 4.36. The average Bonchev–Trinajstić information content (AvgIpc) is 2.13. The second-order valence-corrected chi connectivity index (χ2v) is 2.40. The van der Waals surface area contributed by atoms with Crippen molar-refractivity contribution < 1.29 is 4.74 Å². The van der Waals surface area contributed by atoms with E-state index in [-0.39, 0.29) is 0 Å². The van der Waals surface area contributed by atoms with E-state index < -0.39 is 0 Å². The van der Waals surface area contributed by atoms with E-state index in [9.17, 15) is 0 Å². The maximum atomic E-state index is 5.13. The van der Waals surface area contributed by atoms with Crippen molar-refractivity contribution in [1.82, 2.24) is 0 Å². The highest BCUT2D eigenvalue weighted by molar-refractivity contribution is 5.37. The summed E-state index contributed by atoms with van der Waals surface area (Å²) in [5, 5.41) is 0. The van der Waals surface area contributed by atoms with Crippen LogP contribution in [0.3, 0.4) is 0 Å². The lowest BCUT2D eigenvalue weighted by molar-refractivity contribution is 0.411. The molecule has 0 heterocycles. The highest BCUT2D eigenvalue weighted by atomic mass is 16.5. The van der Waals surface area contributed by atoms with E-state index in [1.807, 2.05) is 26.0 Å². The minimum atomic E-state index is 0.972. The molecular formula is C11H18O. The minimum Gasteiger partial charge on any atom is -0.496 e. The molecule has 0 atom stereocenters. The van der Waals surface area contributed by atoms with Gasteiger partial charge < -0.3 is 4.74 Å². The summed E-state index contributed by atoms with van der Waals surface area (Å²) in [6, 6.07) is 6.06. The molecule has 1 aromatic carbocycles. The molecule has 0 bridgehead atoms. The third-order valence-electron chi connectivity index (χ3n) is 1.77. The summed E-state index contributed by atoms with van der Waals surface area (Å²) in [6.07, 6.45) is 0. The number of hydrogen-bond acceptors (Lipinski definition) is 1. The van der Waals surface area contributed by atoms with Crippen molar-refractivity contribution in [3.8, 4) is 5.75 Å². The van der Waals surface area contributed by atoms with E-state index in [1.54, 1.807) is 7.11 Å². The molecule has 1 nitrogen and oxygen atoms in total. The van der Waals surface area contributed by atoms with Crippen LogP contribution < -0.4 is 4.74 Å². The lowest BCUT2D eigenvalue weighted by atomic mass is 10.1. The molecular weight excluding hydrogens is 148 g/mol. The van der Waals surface area contributed by atoms with Crippen molar-refractivity contribution in [1.29, 1.82) is 0 Å². The molecule has 0 amide bonds. The minimum absolute atomic E-state index is 0.972. The normalized spacial score (nSPS) is 8.42. The van der Waals surface area contributed by atoms with Gasteiger partial charge in [-0.3, -0.25) is 0 Å². The third-order valence-corrected chi connectivity index (χ3v) is 1.77. The van der Waals surface area contributed by atoms with Crippen molar-refractivity contribution in [2.45, 2.75) is 27.7 Å². The Balaban J connectivity index is 0.000000561. The summed E-state index contributed by atoms with van der Waals surface area (Å²) in [4.78, 5) is 0. The first-order chi connectivity index (χ1) is 5.75. The van der Waals surface area contributed by atoms with Gasteiger partial charge in [0.05, 0.1) is 7.11 Å². The van der Waals surface area contributed by atoms with Crippen LogP contribution in [0.4, 0.5) is 0 Å². The Morgan fingerprint density at radius 1 is 1.08 bits per heavy atom. The van der Waals surface area contributed by atoms with Gasteiger partial charge in [0.1, 0.15) is 5.75 Å². The molecule has 0 spiro atoms. The molecule has 0 aromatic heterocycles. The molecule has 0 saturated carbocycles. The van der Waals surface area contributed by atoms with Crippen molar-refractivity contribution in [2.75, 3.05) is 7.11 Å². The SMILES string of the molecule is CC.COc1cccc(C)c1C. The van der Waals surface area contributed by atoms with Crippen LogP contribution in [0.1, 0.15) is 25.0 Å². The lowest BCUT2D eigenvalue weighted by Crippen LogP contribution is -1.88. The van der Waals surface area contributed by atoms with Crippen LogP contribution in [0.5, 0.6) is 5.75 Å². The van der Waals surface area contributed by atoms with Crippen LogP contribution in [0.15, 0.2) is 18.2 Å². The molecule has 0 aliphatic heterocycles. The maximum Gasteiger partial charge on any atom is 0.122 e. The van der Waals surface area contributed by atoms with Crippen molar-refractivity contribution in [2.24, 2.45) is 0 Å². The largest absolute Gasteiger partial charge is 0.496 e. The molecule has 1 rings (SSSR count). The van der Waals surface area contributed by atoms with Gasteiger partial charge in [0.25, 0.3) is 0 Å². The van der Waals surface area contributed by atoms with Crippen LogP contribution in [-0.2, 0) is 0 Å². The van der Waals surface area contributed by atoms with Gasteiger partial charge in [0, 0.05) is 0 Å². The molecule has 0 saturated heterocycles. The van der Waals surface area contributed by atoms with Gasteiger partial charge in [0.2, 0.25) is 0 Å². The van der Waals surface area contributed by atoms with E-state index >= 15 is 0 Å². The fraction of sp³-hybridized carbons (Fsp3) is 0.455. The zero-order chi connectivity index (χ0) is 9.56. The highest BCUT2D eigenvalue weighted by Gasteiger charge is 1.97. The molecule has 1 heteroatoms. The maximum absolute atomic E-state index is 5.13. The number of methoxy groups -OCH3 is 1. The Morgan fingerprint density at radius 2 is 1.67 bits per heavy atom. The quantitative estimate of drug-likeness (QED) is 0.621. The summed E-state index contributed by atoms with van der Waals surface area (Å²) in [5.41, 5.74) is 2.50. The van der Waals surface area contributed by atoms with E-state index in [0.717, 1.165) is 5.75 Å². The van der Waals surface area contributed by atoms with E-state index in [0.29, 0.717) is 0 Å². The summed E-state index contributed by atoms with van der Waals surface area (Å²) in [7, 11) is 1.70.